The first-order valence-electron chi connectivity index (χ1n) is 8.55. The Labute approximate surface area is 128 Å². The van der Waals surface area contributed by atoms with Gasteiger partial charge in [0.1, 0.15) is 0 Å². The Morgan fingerprint density at radius 2 is 1.81 bits per heavy atom. The van der Waals surface area contributed by atoms with Crippen LogP contribution in [0.4, 0.5) is 0 Å². The van der Waals surface area contributed by atoms with Crippen molar-refractivity contribution in [1.29, 1.82) is 0 Å². The molecular formula is C17H32N2O2. The molecule has 0 aromatic carbocycles. The summed E-state index contributed by atoms with van der Waals surface area (Å²) in [6.07, 6.45) is 7.92. The van der Waals surface area contributed by atoms with Crippen LogP contribution in [0, 0.1) is 17.3 Å². The lowest BCUT2D eigenvalue weighted by molar-refractivity contribution is -0.129. The zero-order valence-electron chi connectivity index (χ0n) is 13.7. The summed E-state index contributed by atoms with van der Waals surface area (Å²) in [5.74, 6) is 0.467. The van der Waals surface area contributed by atoms with E-state index < -0.39 is 5.60 Å². The van der Waals surface area contributed by atoms with Gasteiger partial charge in [0.2, 0.25) is 5.91 Å². The summed E-state index contributed by atoms with van der Waals surface area (Å²) in [7, 11) is 0. The van der Waals surface area contributed by atoms with Crippen LogP contribution < -0.4 is 11.1 Å². The summed E-state index contributed by atoms with van der Waals surface area (Å²) < 4.78 is 0. The van der Waals surface area contributed by atoms with Crippen LogP contribution in [-0.4, -0.2) is 29.7 Å². The van der Waals surface area contributed by atoms with Crippen LogP contribution in [0.3, 0.4) is 0 Å². The monoisotopic (exact) mass is 296 g/mol. The van der Waals surface area contributed by atoms with E-state index in [9.17, 15) is 9.90 Å². The van der Waals surface area contributed by atoms with E-state index >= 15 is 0 Å². The SMILES string of the molecule is CC1(C)CCC(O)(CNC(=O)C2CCCCC2CN)CC1. The molecule has 0 spiro atoms. The Morgan fingerprint density at radius 3 is 2.43 bits per heavy atom. The lowest BCUT2D eigenvalue weighted by Gasteiger charge is -2.40. The van der Waals surface area contributed by atoms with Crippen molar-refractivity contribution in [3.8, 4) is 0 Å². The Balaban J connectivity index is 1.83. The molecule has 4 heteroatoms. The fraction of sp³-hybridized carbons (Fsp3) is 0.941. The van der Waals surface area contributed by atoms with Gasteiger partial charge in [0.25, 0.3) is 0 Å². The maximum atomic E-state index is 12.4. The summed E-state index contributed by atoms with van der Waals surface area (Å²) >= 11 is 0. The zero-order valence-corrected chi connectivity index (χ0v) is 13.7. The number of aliphatic hydroxyl groups is 1. The van der Waals surface area contributed by atoms with Gasteiger partial charge in [-0.1, -0.05) is 26.7 Å². The Hall–Kier alpha value is -0.610. The zero-order chi connectivity index (χ0) is 15.5. The van der Waals surface area contributed by atoms with Crippen molar-refractivity contribution in [2.75, 3.05) is 13.1 Å². The van der Waals surface area contributed by atoms with E-state index in [1.54, 1.807) is 0 Å². The Kier molecular flexibility index (Phi) is 5.31. The van der Waals surface area contributed by atoms with Crippen molar-refractivity contribution in [2.45, 2.75) is 70.8 Å². The van der Waals surface area contributed by atoms with Gasteiger partial charge in [0.05, 0.1) is 5.60 Å². The predicted molar refractivity (Wildman–Crippen MR) is 84.7 cm³/mol. The van der Waals surface area contributed by atoms with Crippen LogP contribution in [0.25, 0.3) is 0 Å². The van der Waals surface area contributed by atoms with Gasteiger partial charge in [-0.15, -0.1) is 0 Å². The van der Waals surface area contributed by atoms with Crippen LogP contribution in [0.1, 0.15) is 65.2 Å². The number of hydrogen-bond acceptors (Lipinski definition) is 3. The maximum absolute atomic E-state index is 12.4. The van der Waals surface area contributed by atoms with Gasteiger partial charge in [-0.05, 0) is 56.4 Å². The molecule has 2 saturated carbocycles. The van der Waals surface area contributed by atoms with Crippen molar-refractivity contribution in [1.82, 2.24) is 5.32 Å². The van der Waals surface area contributed by atoms with Crippen LogP contribution in [0.2, 0.25) is 0 Å². The predicted octanol–water partition coefficient (Wildman–Crippen LogP) is 2.20. The Morgan fingerprint density at radius 1 is 1.19 bits per heavy atom. The second-order valence-electron chi connectivity index (χ2n) is 7.99. The van der Waals surface area contributed by atoms with Crippen LogP contribution in [0.5, 0.6) is 0 Å². The first-order chi connectivity index (χ1) is 9.85. The molecule has 4 nitrogen and oxygen atoms in total. The van der Waals surface area contributed by atoms with Crippen molar-refractivity contribution < 1.29 is 9.90 Å². The van der Waals surface area contributed by atoms with Gasteiger partial charge in [-0.25, -0.2) is 0 Å². The highest BCUT2D eigenvalue weighted by Crippen LogP contribution is 2.40. The molecule has 2 atom stereocenters. The molecule has 0 bridgehead atoms. The molecule has 2 aliphatic carbocycles. The standard InChI is InChI=1S/C17H32N2O2/c1-16(2)7-9-17(21,10-8-16)12-19-15(20)14-6-4-3-5-13(14)11-18/h13-14,21H,3-12,18H2,1-2H3,(H,19,20). The van der Waals surface area contributed by atoms with E-state index in [1.807, 2.05) is 0 Å². The van der Waals surface area contributed by atoms with Crippen LogP contribution in [0.15, 0.2) is 0 Å². The summed E-state index contributed by atoms with van der Waals surface area (Å²) in [6, 6.07) is 0. The number of rotatable bonds is 4. The van der Waals surface area contributed by atoms with E-state index in [4.69, 9.17) is 5.73 Å². The molecule has 21 heavy (non-hydrogen) atoms. The summed E-state index contributed by atoms with van der Waals surface area (Å²) in [5.41, 5.74) is 5.41. The summed E-state index contributed by atoms with van der Waals surface area (Å²) in [4.78, 5) is 12.4. The third kappa shape index (κ3) is 4.43. The smallest absolute Gasteiger partial charge is 0.223 e. The number of carbonyl (C=O) groups excluding carboxylic acids is 1. The number of hydrogen-bond donors (Lipinski definition) is 3. The van der Waals surface area contributed by atoms with Gasteiger partial charge in [0.15, 0.2) is 0 Å². The largest absolute Gasteiger partial charge is 0.388 e. The fourth-order valence-electron chi connectivity index (χ4n) is 3.79. The highest BCUT2D eigenvalue weighted by atomic mass is 16.3. The molecule has 0 radical (unpaired) electrons. The second-order valence-corrected chi connectivity index (χ2v) is 7.99. The van der Waals surface area contributed by atoms with Crippen molar-refractivity contribution in [3.63, 3.8) is 0 Å². The van der Waals surface area contributed by atoms with Crippen LogP contribution >= 0.6 is 0 Å². The van der Waals surface area contributed by atoms with Gasteiger partial charge in [-0.3, -0.25) is 4.79 Å². The minimum Gasteiger partial charge on any atom is -0.388 e. The Bertz CT molecular complexity index is 358. The topological polar surface area (TPSA) is 75.3 Å². The van der Waals surface area contributed by atoms with Gasteiger partial charge in [-0.2, -0.15) is 0 Å². The van der Waals surface area contributed by atoms with Gasteiger partial charge in [0, 0.05) is 12.5 Å². The van der Waals surface area contributed by atoms with Crippen LogP contribution in [-0.2, 0) is 4.79 Å². The number of nitrogens with two attached hydrogens (primary N) is 1. The molecule has 2 unspecified atom stereocenters. The molecule has 2 fully saturated rings. The molecule has 0 saturated heterocycles. The van der Waals surface area contributed by atoms with E-state index in [2.05, 4.69) is 19.2 Å². The number of carbonyl (C=O) groups is 1. The van der Waals surface area contributed by atoms with Gasteiger partial charge >= 0.3 is 0 Å². The average Bonchev–Trinajstić information content (AvgIpc) is 2.48. The second kappa shape index (κ2) is 6.66. The van der Waals surface area contributed by atoms with E-state index in [1.165, 1.54) is 6.42 Å². The third-order valence-corrected chi connectivity index (χ3v) is 5.67. The molecule has 4 N–H and O–H groups in total. The van der Waals surface area contributed by atoms with E-state index in [0.717, 1.165) is 44.9 Å². The van der Waals surface area contributed by atoms with Crippen molar-refractivity contribution in [2.24, 2.45) is 23.0 Å². The maximum Gasteiger partial charge on any atom is 0.223 e. The molecule has 0 aromatic rings. The summed E-state index contributed by atoms with van der Waals surface area (Å²) in [6.45, 7) is 5.49. The molecular weight excluding hydrogens is 264 g/mol. The number of amides is 1. The van der Waals surface area contributed by atoms with Crippen molar-refractivity contribution in [3.05, 3.63) is 0 Å². The molecule has 0 heterocycles. The highest BCUT2D eigenvalue weighted by Gasteiger charge is 2.38. The first-order valence-corrected chi connectivity index (χ1v) is 8.55. The molecule has 0 aromatic heterocycles. The minimum absolute atomic E-state index is 0.0485. The van der Waals surface area contributed by atoms with Crippen molar-refractivity contribution >= 4 is 5.91 Å². The summed E-state index contributed by atoms with van der Waals surface area (Å²) in [5, 5.41) is 13.6. The van der Waals surface area contributed by atoms with E-state index in [0.29, 0.717) is 24.4 Å². The third-order valence-electron chi connectivity index (χ3n) is 5.67. The average molecular weight is 296 g/mol. The normalized spacial score (nSPS) is 31.6. The molecule has 2 rings (SSSR count). The fourth-order valence-corrected chi connectivity index (χ4v) is 3.79. The number of nitrogens with one attached hydrogen (secondary N) is 1. The first kappa shape index (κ1) is 16.8. The molecule has 2 aliphatic rings. The molecule has 1 amide bonds. The molecule has 0 aliphatic heterocycles. The molecule has 122 valence electrons. The minimum atomic E-state index is -0.710. The van der Waals surface area contributed by atoms with Gasteiger partial charge < -0.3 is 16.2 Å². The lowest BCUT2D eigenvalue weighted by atomic mass is 9.71. The highest BCUT2D eigenvalue weighted by molar-refractivity contribution is 5.79. The lowest BCUT2D eigenvalue weighted by Crippen LogP contribution is -2.49. The quantitative estimate of drug-likeness (QED) is 0.744. The van der Waals surface area contributed by atoms with E-state index in [-0.39, 0.29) is 11.8 Å².